The van der Waals surface area contributed by atoms with E-state index in [2.05, 4.69) is 20.5 Å². The number of methoxy groups -OCH3 is 1. The number of anilines is 1. The number of ether oxygens (including phenoxy) is 1. The molecule has 1 N–H and O–H groups in total. The first-order valence-corrected chi connectivity index (χ1v) is 12.6. The molecule has 2 aromatic carbocycles. The van der Waals surface area contributed by atoms with Crippen LogP contribution < -0.4 is 10.1 Å². The van der Waals surface area contributed by atoms with Gasteiger partial charge in [-0.2, -0.15) is 23.4 Å². The smallest absolute Gasteiger partial charge is 0.433 e. The lowest BCUT2D eigenvalue weighted by Gasteiger charge is -2.13. The van der Waals surface area contributed by atoms with Gasteiger partial charge in [-0.1, -0.05) is 41.4 Å². The van der Waals surface area contributed by atoms with Gasteiger partial charge in [0.05, 0.1) is 52.7 Å². The maximum absolute atomic E-state index is 14.0. The number of alkyl halides is 3. The van der Waals surface area contributed by atoms with Crippen LogP contribution in [-0.2, 0) is 12.7 Å². The summed E-state index contributed by atoms with van der Waals surface area (Å²) in [6, 6.07) is 12.6. The molecule has 0 aliphatic rings. The quantitative estimate of drug-likeness (QED) is 0.234. The minimum atomic E-state index is -4.77. The van der Waals surface area contributed by atoms with E-state index in [0.717, 1.165) is 17.8 Å². The third-order valence-electron chi connectivity index (χ3n) is 6.33. The van der Waals surface area contributed by atoms with Gasteiger partial charge in [0.25, 0.3) is 5.91 Å². The number of aromatic nitrogens is 5. The van der Waals surface area contributed by atoms with Crippen LogP contribution in [0.4, 0.5) is 18.9 Å². The van der Waals surface area contributed by atoms with E-state index in [9.17, 15) is 18.0 Å². The Morgan fingerprint density at radius 1 is 1.07 bits per heavy atom. The van der Waals surface area contributed by atoms with Gasteiger partial charge in [0, 0.05) is 5.56 Å². The highest BCUT2D eigenvalue weighted by Crippen LogP contribution is 2.35. The van der Waals surface area contributed by atoms with Gasteiger partial charge >= 0.3 is 6.18 Å². The van der Waals surface area contributed by atoms with Gasteiger partial charge in [0.1, 0.15) is 11.3 Å². The number of halogens is 5. The lowest BCUT2D eigenvalue weighted by atomic mass is 10.1. The standard InChI is InChI=1S/C27H21Cl2F3N6O2/c1-14-24(15(2)37(36-14)13-16-8-9-19(28)20(29)10-16)35-26(39)18-12-33-38-23(27(30,31)32)11-21(34-25(18)38)17-6-4-5-7-22(17)40-3/h4-12H,13H2,1-3H3,(H,35,39). The molecule has 40 heavy (non-hydrogen) atoms. The SMILES string of the molecule is COc1ccccc1-c1cc(C(F)(F)F)n2ncc(C(=O)Nc3c(C)nn(Cc4ccc(Cl)c(Cl)c4)c3C)c2n1. The molecular weight excluding hydrogens is 568 g/mol. The molecule has 5 rings (SSSR count). The molecule has 0 radical (unpaired) electrons. The molecule has 0 spiro atoms. The molecular formula is C27H21Cl2F3N6O2. The van der Waals surface area contributed by atoms with Crippen LogP contribution in [-0.4, -0.2) is 37.4 Å². The van der Waals surface area contributed by atoms with E-state index in [1.165, 1.54) is 7.11 Å². The number of nitrogens with one attached hydrogen (secondary N) is 1. The van der Waals surface area contributed by atoms with E-state index in [1.807, 2.05) is 6.07 Å². The van der Waals surface area contributed by atoms with Crippen molar-refractivity contribution in [3.05, 3.63) is 93.0 Å². The average molecular weight is 589 g/mol. The molecule has 0 aliphatic heterocycles. The Morgan fingerprint density at radius 2 is 1.82 bits per heavy atom. The minimum absolute atomic E-state index is 0.0198. The summed E-state index contributed by atoms with van der Waals surface area (Å²) >= 11 is 12.1. The zero-order valence-electron chi connectivity index (χ0n) is 21.3. The van der Waals surface area contributed by atoms with E-state index in [-0.39, 0.29) is 16.9 Å². The molecule has 0 bridgehead atoms. The van der Waals surface area contributed by atoms with Crippen LogP contribution in [0.15, 0.2) is 54.7 Å². The second-order valence-electron chi connectivity index (χ2n) is 8.92. The van der Waals surface area contributed by atoms with E-state index >= 15 is 0 Å². The molecule has 206 valence electrons. The number of hydrogen-bond donors (Lipinski definition) is 1. The summed E-state index contributed by atoms with van der Waals surface area (Å²) in [6.07, 6.45) is -3.71. The van der Waals surface area contributed by atoms with Crippen LogP contribution in [0.1, 0.15) is 33.0 Å². The third kappa shape index (κ3) is 5.09. The van der Waals surface area contributed by atoms with Crippen molar-refractivity contribution >= 4 is 40.4 Å². The van der Waals surface area contributed by atoms with Gasteiger partial charge in [0.15, 0.2) is 11.3 Å². The second-order valence-corrected chi connectivity index (χ2v) is 9.74. The van der Waals surface area contributed by atoms with Gasteiger partial charge < -0.3 is 10.1 Å². The number of carbonyl (C=O) groups excluding carboxylic acids is 1. The summed E-state index contributed by atoms with van der Waals surface area (Å²) < 4.78 is 49.7. The van der Waals surface area contributed by atoms with Crippen LogP contribution in [0.25, 0.3) is 16.9 Å². The van der Waals surface area contributed by atoms with Gasteiger partial charge in [-0.15, -0.1) is 0 Å². The van der Waals surface area contributed by atoms with Crippen LogP contribution in [0.3, 0.4) is 0 Å². The van der Waals surface area contributed by atoms with Crippen molar-refractivity contribution in [2.45, 2.75) is 26.6 Å². The summed E-state index contributed by atoms with van der Waals surface area (Å²) in [5.74, 6) is -0.355. The van der Waals surface area contributed by atoms with Crippen LogP contribution in [0.5, 0.6) is 5.75 Å². The molecule has 13 heteroatoms. The molecule has 0 atom stereocenters. The third-order valence-corrected chi connectivity index (χ3v) is 7.07. The molecule has 0 saturated heterocycles. The highest BCUT2D eigenvalue weighted by Gasteiger charge is 2.36. The number of benzene rings is 2. The van der Waals surface area contributed by atoms with E-state index < -0.39 is 17.8 Å². The number of nitrogens with zero attached hydrogens (tertiary/aromatic N) is 5. The predicted octanol–water partition coefficient (Wildman–Crippen LogP) is 6.84. The van der Waals surface area contributed by atoms with Crippen molar-refractivity contribution in [2.24, 2.45) is 0 Å². The van der Waals surface area contributed by atoms with E-state index in [4.69, 9.17) is 27.9 Å². The zero-order valence-corrected chi connectivity index (χ0v) is 22.9. The number of fused-ring (bicyclic) bond motifs is 1. The molecule has 8 nitrogen and oxygen atoms in total. The fourth-order valence-corrected chi connectivity index (χ4v) is 4.66. The Balaban J connectivity index is 1.53. The predicted molar refractivity (Wildman–Crippen MR) is 145 cm³/mol. The average Bonchev–Trinajstić information content (AvgIpc) is 3.46. The minimum Gasteiger partial charge on any atom is -0.496 e. The van der Waals surface area contributed by atoms with E-state index in [0.29, 0.717) is 49.5 Å². The van der Waals surface area contributed by atoms with Gasteiger partial charge in [-0.25, -0.2) is 9.50 Å². The van der Waals surface area contributed by atoms with Gasteiger partial charge in [-0.05, 0) is 49.7 Å². The van der Waals surface area contributed by atoms with Crippen LogP contribution in [0, 0.1) is 13.8 Å². The Bertz CT molecular complexity index is 1760. The number of carbonyl (C=O) groups is 1. The molecule has 0 unspecified atom stereocenters. The summed E-state index contributed by atoms with van der Waals surface area (Å²) in [5, 5.41) is 11.9. The lowest BCUT2D eigenvalue weighted by Crippen LogP contribution is -2.16. The number of para-hydroxylation sites is 1. The lowest BCUT2D eigenvalue weighted by molar-refractivity contribution is -0.142. The first kappa shape index (κ1) is 27.5. The molecule has 3 heterocycles. The number of hydrogen-bond acceptors (Lipinski definition) is 5. The van der Waals surface area contributed by atoms with Crippen molar-refractivity contribution in [1.82, 2.24) is 24.4 Å². The number of aryl methyl sites for hydroxylation is 1. The monoisotopic (exact) mass is 588 g/mol. The van der Waals surface area contributed by atoms with Crippen molar-refractivity contribution in [3.63, 3.8) is 0 Å². The Morgan fingerprint density at radius 3 is 2.52 bits per heavy atom. The van der Waals surface area contributed by atoms with Crippen molar-refractivity contribution in [3.8, 4) is 17.0 Å². The summed E-state index contributed by atoms with van der Waals surface area (Å²) in [4.78, 5) is 17.8. The molecule has 0 aliphatic carbocycles. The first-order valence-electron chi connectivity index (χ1n) is 11.9. The van der Waals surface area contributed by atoms with Gasteiger partial charge in [-0.3, -0.25) is 9.48 Å². The Labute approximate surface area is 236 Å². The highest BCUT2D eigenvalue weighted by atomic mass is 35.5. The molecule has 3 aromatic heterocycles. The van der Waals surface area contributed by atoms with E-state index in [1.54, 1.807) is 54.9 Å². The van der Waals surface area contributed by atoms with Crippen molar-refractivity contribution in [1.29, 1.82) is 0 Å². The molecule has 5 aromatic rings. The summed E-state index contributed by atoms with van der Waals surface area (Å²) in [7, 11) is 1.41. The fraction of sp³-hybridized carbons (Fsp3) is 0.185. The Kier molecular flexibility index (Phi) is 7.19. The molecule has 1 amide bonds. The largest absolute Gasteiger partial charge is 0.496 e. The topological polar surface area (TPSA) is 86.3 Å². The molecule has 0 fully saturated rings. The van der Waals surface area contributed by atoms with Crippen LogP contribution >= 0.6 is 23.2 Å². The molecule has 0 saturated carbocycles. The van der Waals surface area contributed by atoms with Gasteiger partial charge in [0.2, 0.25) is 0 Å². The van der Waals surface area contributed by atoms with Crippen LogP contribution in [0.2, 0.25) is 10.0 Å². The summed E-state index contributed by atoms with van der Waals surface area (Å²) in [5.41, 5.74) is 1.24. The summed E-state index contributed by atoms with van der Waals surface area (Å²) in [6.45, 7) is 3.84. The number of rotatable bonds is 6. The first-order chi connectivity index (χ1) is 19.0. The number of amides is 1. The maximum Gasteiger partial charge on any atom is 0.433 e. The van der Waals surface area contributed by atoms with Crippen molar-refractivity contribution < 1.29 is 22.7 Å². The maximum atomic E-state index is 14.0. The second kappa shape index (κ2) is 10.5. The fourth-order valence-electron chi connectivity index (χ4n) is 4.34. The normalized spacial score (nSPS) is 11.7. The highest BCUT2D eigenvalue weighted by molar-refractivity contribution is 6.42. The van der Waals surface area contributed by atoms with Crippen molar-refractivity contribution in [2.75, 3.05) is 12.4 Å². The zero-order chi connectivity index (χ0) is 28.8. The Hall–Kier alpha value is -4.09.